The molecule has 0 radical (unpaired) electrons. The van der Waals surface area contributed by atoms with Gasteiger partial charge in [0.15, 0.2) is 0 Å². The zero-order valence-electron chi connectivity index (χ0n) is 18.1. The number of aryl methyl sites for hydroxylation is 1. The Hall–Kier alpha value is -4.13. The number of aromatic nitrogens is 2. The van der Waals surface area contributed by atoms with Gasteiger partial charge in [-0.25, -0.2) is 4.98 Å². The lowest BCUT2D eigenvalue weighted by Crippen LogP contribution is -2.28. The molecule has 7 nitrogen and oxygen atoms in total. The number of benzene rings is 3. The minimum atomic E-state index is -0.327. The zero-order valence-corrected chi connectivity index (χ0v) is 18.1. The van der Waals surface area contributed by atoms with Crippen LogP contribution in [0.25, 0.3) is 22.0 Å². The Morgan fingerprint density at radius 3 is 2.53 bits per heavy atom. The maximum atomic E-state index is 12.8. The molecule has 32 heavy (non-hydrogen) atoms. The van der Waals surface area contributed by atoms with E-state index in [9.17, 15) is 9.59 Å². The molecule has 1 N–H and O–H groups in total. The Morgan fingerprint density at radius 2 is 1.81 bits per heavy atom. The number of ether oxygens (including phenoxy) is 2. The highest BCUT2D eigenvalue weighted by Crippen LogP contribution is 2.33. The van der Waals surface area contributed by atoms with Gasteiger partial charge in [-0.1, -0.05) is 24.3 Å². The van der Waals surface area contributed by atoms with Gasteiger partial charge in [0, 0.05) is 11.3 Å². The van der Waals surface area contributed by atoms with E-state index in [1.807, 2.05) is 49.4 Å². The number of nitrogens with one attached hydrogen (secondary N) is 1. The lowest BCUT2D eigenvalue weighted by Gasteiger charge is -2.13. The summed E-state index contributed by atoms with van der Waals surface area (Å²) in [5.74, 6) is 1.10. The number of carbonyl (C=O) groups excluding carboxylic acids is 1. The second-order valence-electron chi connectivity index (χ2n) is 7.34. The number of methoxy groups -OCH3 is 2. The molecule has 7 heteroatoms. The fraction of sp³-hybridized carbons (Fsp3) is 0.160. The first-order chi connectivity index (χ1) is 15.5. The summed E-state index contributed by atoms with van der Waals surface area (Å²) in [5.41, 5.74) is 3.66. The first-order valence-electron chi connectivity index (χ1n) is 10.1. The van der Waals surface area contributed by atoms with Crippen molar-refractivity contribution < 1.29 is 14.3 Å². The van der Waals surface area contributed by atoms with Gasteiger partial charge in [-0.15, -0.1) is 0 Å². The van der Waals surface area contributed by atoms with Gasteiger partial charge in [0.1, 0.15) is 18.0 Å². The van der Waals surface area contributed by atoms with Gasteiger partial charge in [-0.3, -0.25) is 14.2 Å². The molecule has 1 aromatic heterocycles. The molecule has 0 atom stereocenters. The molecular formula is C25H23N3O4. The lowest BCUT2D eigenvalue weighted by atomic mass is 10.0. The van der Waals surface area contributed by atoms with Crippen LogP contribution in [0, 0.1) is 6.92 Å². The van der Waals surface area contributed by atoms with Crippen molar-refractivity contribution in [2.24, 2.45) is 0 Å². The van der Waals surface area contributed by atoms with E-state index in [0.717, 1.165) is 22.4 Å². The largest absolute Gasteiger partial charge is 0.497 e. The van der Waals surface area contributed by atoms with Crippen molar-refractivity contribution in [3.63, 3.8) is 0 Å². The average molecular weight is 429 g/mol. The molecule has 4 rings (SSSR count). The molecule has 0 aliphatic rings. The summed E-state index contributed by atoms with van der Waals surface area (Å²) in [6, 6.07) is 18.4. The maximum Gasteiger partial charge on any atom is 0.261 e. The van der Waals surface area contributed by atoms with Gasteiger partial charge < -0.3 is 14.8 Å². The van der Waals surface area contributed by atoms with Crippen LogP contribution in [0.3, 0.4) is 0 Å². The van der Waals surface area contributed by atoms with Crippen LogP contribution < -0.4 is 20.3 Å². The van der Waals surface area contributed by atoms with Crippen molar-refractivity contribution in [1.82, 2.24) is 9.55 Å². The van der Waals surface area contributed by atoms with Crippen LogP contribution in [0.2, 0.25) is 0 Å². The Bertz CT molecular complexity index is 1340. The molecule has 162 valence electrons. The van der Waals surface area contributed by atoms with Crippen LogP contribution in [-0.2, 0) is 11.3 Å². The average Bonchev–Trinajstić information content (AvgIpc) is 2.81. The van der Waals surface area contributed by atoms with E-state index in [2.05, 4.69) is 10.3 Å². The van der Waals surface area contributed by atoms with Crippen LogP contribution in [0.1, 0.15) is 5.56 Å². The molecule has 1 heterocycles. The van der Waals surface area contributed by atoms with Crippen molar-refractivity contribution in [1.29, 1.82) is 0 Å². The summed E-state index contributed by atoms with van der Waals surface area (Å²) < 4.78 is 12.0. The van der Waals surface area contributed by atoms with Crippen LogP contribution in [0.4, 0.5) is 5.69 Å². The molecule has 0 bridgehead atoms. The minimum absolute atomic E-state index is 0.139. The van der Waals surface area contributed by atoms with E-state index < -0.39 is 0 Å². The smallest absolute Gasteiger partial charge is 0.261 e. The van der Waals surface area contributed by atoms with Crippen LogP contribution in [-0.4, -0.2) is 29.7 Å². The Morgan fingerprint density at radius 1 is 1.03 bits per heavy atom. The molecule has 0 aliphatic carbocycles. The third-order valence-corrected chi connectivity index (χ3v) is 5.25. The summed E-state index contributed by atoms with van der Waals surface area (Å²) in [4.78, 5) is 29.8. The van der Waals surface area contributed by atoms with E-state index >= 15 is 0 Å². The number of para-hydroxylation sites is 1. The Balaban J connectivity index is 1.58. The van der Waals surface area contributed by atoms with E-state index in [1.54, 1.807) is 32.4 Å². The predicted molar refractivity (Wildman–Crippen MR) is 124 cm³/mol. The van der Waals surface area contributed by atoms with Crippen LogP contribution in [0.15, 0.2) is 71.8 Å². The SMILES string of the molecule is COc1ccc(-c2cc(NC(=O)Cn3cnc4c(C)cccc4c3=O)ccc2OC)cc1. The fourth-order valence-corrected chi connectivity index (χ4v) is 3.59. The highest BCUT2D eigenvalue weighted by atomic mass is 16.5. The van der Waals surface area contributed by atoms with E-state index in [1.165, 1.54) is 10.9 Å². The molecule has 0 saturated carbocycles. The second-order valence-corrected chi connectivity index (χ2v) is 7.34. The number of fused-ring (bicyclic) bond motifs is 1. The van der Waals surface area contributed by atoms with Gasteiger partial charge in [0.25, 0.3) is 5.56 Å². The summed E-state index contributed by atoms with van der Waals surface area (Å²) in [5, 5.41) is 3.35. The quantitative estimate of drug-likeness (QED) is 0.500. The van der Waals surface area contributed by atoms with Gasteiger partial charge in [-0.05, 0) is 54.4 Å². The van der Waals surface area contributed by atoms with Gasteiger partial charge in [0.2, 0.25) is 5.91 Å². The highest BCUT2D eigenvalue weighted by molar-refractivity contribution is 5.92. The maximum absolute atomic E-state index is 12.8. The molecule has 0 aliphatic heterocycles. The molecule has 1 amide bonds. The van der Waals surface area contributed by atoms with Gasteiger partial charge in [-0.2, -0.15) is 0 Å². The Labute approximate surface area is 185 Å². The summed E-state index contributed by atoms with van der Waals surface area (Å²) in [7, 11) is 3.21. The molecule has 0 fully saturated rings. The van der Waals surface area contributed by atoms with Crippen molar-refractivity contribution in [3.05, 3.63) is 82.9 Å². The van der Waals surface area contributed by atoms with E-state index in [0.29, 0.717) is 22.3 Å². The van der Waals surface area contributed by atoms with Crippen LogP contribution in [0.5, 0.6) is 11.5 Å². The number of carbonyl (C=O) groups is 1. The normalized spacial score (nSPS) is 10.7. The number of rotatable bonds is 6. The van der Waals surface area contributed by atoms with Crippen molar-refractivity contribution in [2.75, 3.05) is 19.5 Å². The monoisotopic (exact) mass is 429 g/mol. The minimum Gasteiger partial charge on any atom is -0.497 e. The highest BCUT2D eigenvalue weighted by Gasteiger charge is 2.12. The second kappa shape index (κ2) is 8.93. The third kappa shape index (κ3) is 4.18. The summed E-state index contributed by atoms with van der Waals surface area (Å²) in [6.45, 7) is 1.76. The molecule has 0 unspecified atom stereocenters. The van der Waals surface area contributed by atoms with Crippen LogP contribution >= 0.6 is 0 Å². The molecule has 0 spiro atoms. The molecule has 0 saturated heterocycles. The summed E-state index contributed by atoms with van der Waals surface area (Å²) in [6.07, 6.45) is 1.41. The van der Waals surface area contributed by atoms with Crippen molar-refractivity contribution >= 4 is 22.5 Å². The standard InChI is InChI=1S/C25H23N3O4/c1-16-5-4-6-20-24(16)26-15-28(25(20)30)14-23(29)27-18-9-12-22(32-3)21(13-18)17-7-10-19(31-2)11-8-17/h4-13,15H,14H2,1-3H3,(H,27,29). The lowest BCUT2D eigenvalue weighted by molar-refractivity contribution is -0.116. The number of nitrogens with zero attached hydrogens (tertiary/aromatic N) is 2. The fourth-order valence-electron chi connectivity index (χ4n) is 3.59. The topological polar surface area (TPSA) is 82.5 Å². The first kappa shape index (κ1) is 21.1. The number of hydrogen-bond donors (Lipinski definition) is 1. The van der Waals surface area contributed by atoms with E-state index in [4.69, 9.17) is 9.47 Å². The molecular weight excluding hydrogens is 406 g/mol. The predicted octanol–water partition coefficient (Wildman–Crippen LogP) is 4.03. The van der Waals surface area contributed by atoms with Gasteiger partial charge >= 0.3 is 0 Å². The molecule has 3 aromatic carbocycles. The van der Waals surface area contributed by atoms with E-state index in [-0.39, 0.29) is 18.0 Å². The van der Waals surface area contributed by atoms with Gasteiger partial charge in [0.05, 0.1) is 31.4 Å². The zero-order chi connectivity index (χ0) is 22.7. The molecule has 4 aromatic rings. The number of hydrogen-bond acceptors (Lipinski definition) is 5. The number of amides is 1. The summed E-state index contributed by atoms with van der Waals surface area (Å²) >= 11 is 0. The first-order valence-corrected chi connectivity index (χ1v) is 10.1. The van der Waals surface area contributed by atoms with Crippen molar-refractivity contribution in [2.45, 2.75) is 13.5 Å². The third-order valence-electron chi connectivity index (χ3n) is 5.25. The Kier molecular flexibility index (Phi) is 5.89. The number of anilines is 1. The van der Waals surface area contributed by atoms with Crippen molar-refractivity contribution in [3.8, 4) is 22.6 Å².